The molecule has 0 radical (unpaired) electrons. The number of nitrogens with one attached hydrogen (secondary N) is 1. The molecule has 0 saturated heterocycles. The van der Waals surface area contributed by atoms with E-state index in [4.69, 9.17) is 5.73 Å². The van der Waals surface area contributed by atoms with Crippen molar-refractivity contribution in [2.75, 3.05) is 0 Å². The molecule has 2 nitrogen and oxygen atoms in total. The molecule has 1 aliphatic rings. The number of hydrogen-bond donors (Lipinski definition) is 2. The van der Waals surface area contributed by atoms with Crippen LogP contribution in [-0.2, 0) is 0 Å². The van der Waals surface area contributed by atoms with Gasteiger partial charge in [-0.05, 0) is 18.8 Å². The van der Waals surface area contributed by atoms with E-state index >= 15 is 0 Å². The van der Waals surface area contributed by atoms with Crippen LogP contribution in [0.5, 0.6) is 0 Å². The Labute approximate surface area is 75.9 Å². The lowest BCUT2D eigenvalue weighted by molar-refractivity contribution is 0.301. The fourth-order valence-electron chi connectivity index (χ4n) is 1.73. The molecule has 1 fully saturated rings. The Morgan fingerprint density at radius 1 is 1.17 bits per heavy atom. The van der Waals surface area contributed by atoms with Gasteiger partial charge in [0.25, 0.3) is 0 Å². The Kier molecular flexibility index (Phi) is 4.02. The molecule has 0 aliphatic heterocycles. The van der Waals surface area contributed by atoms with Gasteiger partial charge in [-0.3, -0.25) is 5.32 Å². The van der Waals surface area contributed by atoms with Crippen molar-refractivity contribution in [3.05, 3.63) is 0 Å². The van der Waals surface area contributed by atoms with Gasteiger partial charge in [-0.15, -0.1) is 0 Å². The van der Waals surface area contributed by atoms with E-state index in [-0.39, 0.29) is 6.17 Å². The topological polar surface area (TPSA) is 38.0 Å². The zero-order valence-electron chi connectivity index (χ0n) is 8.34. The molecular formula is C10H22N2. The summed E-state index contributed by atoms with van der Waals surface area (Å²) in [5.41, 5.74) is 5.94. The minimum Gasteiger partial charge on any atom is -0.316 e. The first kappa shape index (κ1) is 10.0. The maximum Gasteiger partial charge on any atom is 0.0572 e. The Hall–Kier alpha value is -0.0800. The van der Waals surface area contributed by atoms with Crippen LogP contribution in [0.4, 0.5) is 0 Å². The van der Waals surface area contributed by atoms with Gasteiger partial charge in [-0.1, -0.05) is 33.1 Å². The number of nitrogens with two attached hydrogens (primary N) is 1. The third-order valence-electron chi connectivity index (χ3n) is 2.75. The van der Waals surface area contributed by atoms with Crippen molar-refractivity contribution in [2.24, 2.45) is 11.7 Å². The van der Waals surface area contributed by atoms with Crippen LogP contribution in [-0.4, -0.2) is 12.2 Å². The predicted molar refractivity (Wildman–Crippen MR) is 52.8 cm³/mol. The molecule has 1 rings (SSSR count). The lowest BCUT2D eigenvalue weighted by Gasteiger charge is -2.28. The lowest BCUT2D eigenvalue weighted by atomic mass is 9.95. The van der Waals surface area contributed by atoms with E-state index < -0.39 is 0 Å². The predicted octanol–water partition coefficient (Wildman–Crippen LogP) is 1.85. The third-order valence-corrected chi connectivity index (χ3v) is 2.75. The second kappa shape index (κ2) is 4.83. The molecule has 0 amide bonds. The highest BCUT2D eigenvalue weighted by Crippen LogP contribution is 2.17. The Balaban J connectivity index is 2.20. The van der Waals surface area contributed by atoms with Gasteiger partial charge >= 0.3 is 0 Å². The summed E-state index contributed by atoms with van der Waals surface area (Å²) in [7, 11) is 0. The van der Waals surface area contributed by atoms with Crippen molar-refractivity contribution >= 4 is 0 Å². The van der Waals surface area contributed by atoms with Gasteiger partial charge in [-0.25, -0.2) is 0 Å². The highest BCUT2D eigenvalue weighted by molar-refractivity contribution is 4.75. The van der Waals surface area contributed by atoms with E-state index in [9.17, 15) is 0 Å². The van der Waals surface area contributed by atoms with Crippen LogP contribution in [0.15, 0.2) is 0 Å². The van der Waals surface area contributed by atoms with Crippen molar-refractivity contribution in [1.82, 2.24) is 5.32 Å². The number of rotatable bonds is 3. The first-order chi connectivity index (χ1) is 5.70. The van der Waals surface area contributed by atoms with Gasteiger partial charge in [0.05, 0.1) is 6.17 Å². The largest absolute Gasteiger partial charge is 0.316 e. The molecule has 0 aromatic carbocycles. The SMILES string of the molecule is CC(C)C(N)NC1CCCCC1. The first-order valence-corrected chi connectivity index (χ1v) is 5.22. The van der Waals surface area contributed by atoms with E-state index in [1.54, 1.807) is 0 Å². The minimum absolute atomic E-state index is 0.188. The molecule has 0 aromatic rings. The summed E-state index contributed by atoms with van der Waals surface area (Å²) in [6.07, 6.45) is 6.99. The molecule has 2 heteroatoms. The van der Waals surface area contributed by atoms with Gasteiger partial charge in [0, 0.05) is 6.04 Å². The minimum atomic E-state index is 0.188. The lowest BCUT2D eigenvalue weighted by Crippen LogP contribution is -2.47. The van der Waals surface area contributed by atoms with E-state index in [1.165, 1.54) is 32.1 Å². The molecule has 0 bridgehead atoms. The van der Waals surface area contributed by atoms with Gasteiger partial charge in [0.1, 0.15) is 0 Å². The Morgan fingerprint density at radius 2 is 1.75 bits per heavy atom. The zero-order chi connectivity index (χ0) is 8.97. The fraction of sp³-hybridized carbons (Fsp3) is 1.00. The quantitative estimate of drug-likeness (QED) is 0.634. The van der Waals surface area contributed by atoms with E-state index in [0.717, 1.165) is 0 Å². The first-order valence-electron chi connectivity index (χ1n) is 5.22. The van der Waals surface area contributed by atoms with Crippen LogP contribution in [0.1, 0.15) is 46.0 Å². The maximum absolute atomic E-state index is 5.94. The van der Waals surface area contributed by atoms with E-state index in [0.29, 0.717) is 12.0 Å². The summed E-state index contributed by atoms with van der Waals surface area (Å²) >= 11 is 0. The molecule has 1 unspecified atom stereocenters. The van der Waals surface area contributed by atoms with E-state index in [1.807, 2.05) is 0 Å². The zero-order valence-corrected chi connectivity index (χ0v) is 8.34. The third kappa shape index (κ3) is 3.11. The average molecular weight is 170 g/mol. The second-order valence-corrected chi connectivity index (χ2v) is 4.27. The van der Waals surface area contributed by atoms with Crippen LogP contribution in [0.25, 0.3) is 0 Å². The fourth-order valence-corrected chi connectivity index (χ4v) is 1.73. The summed E-state index contributed by atoms with van der Waals surface area (Å²) in [4.78, 5) is 0. The van der Waals surface area contributed by atoms with Gasteiger partial charge in [0.15, 0.2) is 0 Å². The number of hydrogen-bond acceptors (Lipinski definition) is 2. The van der Waals surface area contributed by atoms with Crippen molar-refractivity contribution in [1.29, 1.82) is 0 Å². The van der Waals surface area contributed by atoms with E-state index in [2.05, 4.69) is 19.2 Å². The average Bonchev–Trinajstić information content (AvgIpc) is 2.06. The molecule has 3 N–H and O–H groups in total. The molecule has 1 aliphatic carbocycles. The standard InChI is InChI=1S/C10H22N2/c1-8(2)10(11)12-9-6-4-3-5-7-9/h8-10,12H,3-7,11H2,1-2H3. The summed E-state index contributed by atoms with van der Waals surface area (Å²) in [5.74, 6) is 0.548. The van der Waals surface area contributed by atoms with Crippen LogP contribution >= 0.6 is 0 Å². The van der Waals surface area contributed by atoms with Crippen LogP contribution in [0.3, 0.4) is 0 Å². The van der Waals surface area contributed by atoms with Gasteiger partial charge in [0.2, 0.25) is 0 Å². The Morgan fingerprint density at radius 3 is 2.25 bits per heavy atom. The van der Waals surface area contributed by atoms with Crippen molar-refractivity contribution in [3.8, 4) is 0 Å². The summed E-state index contributed by atoms with van der Waals surface area (Å²) in [5, 5.41) is 3.50. The molecule has 72 valence electrons. The molecule has 0 spiro atoms. The highest BCUT2D eigenvalue weighted by Gasteiger charge is 2.16. The van der Waals surface area contributed by atoms with Crippen LogP contribution in [0.2, 0.25) is 0 Å². The smallest absolute Gasteiger partial charge is 0.0572 e. The van der Waals surface area contributed by atoms with Crippen molar-refractivity contribution in [3.63, 3.8) is 0 Å². The summed E-state index contributed by atoms with van der Waals surface area (Å²) in [6, 6.07) is 0.691. The van der Waals surface area contributed by atoms with Crippen LogP contribution in [0, 0.1) is 5.92 Å². The maximum atomic E-state index is 5.94. The van der Waals surface area contributed by atoms with Gasteiger partial charge < -0.3 is 5.73 Å². The second-order valence-electron chi connectivity index (χ2n) is 4.27. The normalized spacial score (nSPS) is 23.0. The van der Waals surface area contributed by atoms with Crippen molar-refractivity contribution in [2.45, 2.75) is 58.2 Å². The molecule has 1 saturated carbocycles. The summed E-state index contributed by atoms with van der Waals surface area (Å²) < 4.78 is 0. The van der Waals surface area contributed by atoms with Crippen LogP contribution < -0.4 is 11.1 Å². The molecule has 12 heavy (non-hydrogen) atoms. The molecule has 1 atom stereocenters. The highest BCUT2D eigenvalue weighted by atomic mass is 15.1. The summed E-state index contributed by atoms with van der Waals surface area (Å²) in [6.45, 7) is 4.33. The Bertz CT molecular complexity index is 117. The van der Waals surface area contributed by atoms with Gasteiger partial charge in [-0.2, -0.15) is 0 Å². The molecule has 0 heterocycles. The monoisotopic (exact) mass is 170 g/mol. The molecule has 0 aromatic heterocycles. The van der Waals surface area contributed by atoms with Crippen molar-refractivity contribution < 1.29 is 0 Å². The molecular weight excluding hydrogens is 148 g/mol.